The molecule has 78 valence electrons. The summed E-state index contributed by atoms with van der Waals surface area (Å²) in [6, 6.07) is 0. The van der Waals surface area contributed by atoms with Gasteiger partial charge < -0.3 is 5.32 Å². The van der Waals surface area contributed by atoms with Gasteiger partial charge in [-0.15, -0.1) is 0 Å². The summed E-state index contributed by atoms with van der Waals surface area (Å²) < 4.78 is 0.766. The zero-order valence-corrected chi connectivity index (χ0v) is 11.0. The van der Waals surface area contributed by atoms with Crippen molar-refractivity contribution in [1.82, 2.24) is 5.32 Å². The molecule has 0 aromatic rings. The van der Waals surface area contributed by atoms with Gasteiger partial charge >= 0.3 is 0 Å². The van der Waals surface area contributed by atoms with Gasteiger partial charge in [0.1, 0.15) is 0 Å². The molecular formula is C11H22IN. The number of rotatable bonds is 6. The second kappa shape index (κ2) is 6.23. The summed E-state index contributed by atoms with van der Waals surface area (Å²) in [6.45, 7) is 7.00. The van der Waals surface area contributed by atoms with Crippen LogP contribution in [0, 0.1) is 11.8 Å². The lowest BCUT2D eigenvalue weighted by atomic mass is 9.71. The van der Waals surface area contributed by atoms with E-state index in [1.165, 1.54) is 38.8 Å². The molecule has 1 fully saturated rings. The van der Waals surface area contributed by atoms with Gasteiger partial charge in [-0.05, 0) is 31.2 Å². The van der Waals surface area contributed by atoms with Gasteiger partial charge in [-0.25, -0.2) is 0 Å². The lowest BCUT2D eigenvalue weighted by molar-refractivity contribution is 0.159. The molecule has 1 N–H and O–H groups in total. The monoisotopic (exact) mass is 295 g/mol. The Bertz CT molecular complexity index is 136. The van der Waals surface area contributed by atoms with Gasteiger partial charge in [0, 0.05) is 10.5 Å². The maximum atomic E-state index is 3.57. The fourth-order valence-electron chi connectivity index (χ4n) is 2.13. The Morgan fingerprint density at radius 2 is 2.08 bits per heavy atom. The molecule has 3 unspecified atom stereocenters. The number of alkyl halides is 1. The molecule has 1 rings (SSSR count). The van der Waals surface area contributed by atoms with E-state index in [2.05, 4.69) is 41.8 Å². The van der Waals surface area contributed by atoms with E-state index in [0.29, 0.717) is 0 Å². The molecular weight excluding hydrogens is 273 g/mol. The van der Waals surface area contributed by atoms with Gasteiger partial charge in [-0.3, -0.25) is 0 Å². The Hall–Kier alpha value is 0.690. The predicted molar refractivity (Wildman–Crippen MR) is 67.5 cm³/mol. The number of nitrogens with one attached hydrogen (secondary N) is 1. The van der Waals surface area contributed by atoms with Crippen molar-refractivity contribution < 1.29 is 0 Å². The van der Waals surface area contributed by atoms with Crippen molar-refractivity contribution in [2.45, 2.75) is 43.5 Å². The minimum Gasteiger partial charge on any atom is -0.315 e. The Kier molecular flexibility index (Phi) is 5.63. The van der Waals surface area contributed by atoms with Crippen molar-refractivity contribution in [3.63, 3.8) is 0 Å². The molecule has 0 spiro atoms. The molecule has 1 saturated carbocycles. The van der Waals surface area contributed by atoms with E-state index in [1.807, 2.05) is 0 Å². The molecule has 0 amide bonds. The van der Waals surface area contributed by atoms with E-state index >= 15 is 0 Å². The average Bonchev–Trinajstić information content (AvgIpc) is 2.06. The summed E-state index contributed by atoms with van der Waals surface area (Å²) in [5, 5.41) is 3.57. The molecule has 0 bridgehead atoms. The minimum absolute atomic E-state index is 0.766. The molecule has 3 atom stereocenters. The first-order valence-corrected chi connectivity index (χ1v) is 6.83. The first-order valence-electron chi connectivity index (χ1n) is 5.58. The SMILES string of the molecule is CCCC1CCC1CNCC(C)I. The molecule has 0 heterocycles. The molecule has 0 aromatic carbocycles. The average molecular weight is 295 g/mol. The van der Waals surface area contributed by atoms with Crippen molar-refractivity contribution in [3.8, 4) is 0 Å². The fraction of sp³-hybridized carbons (Fsp3) is 1.00. The zero-order valence-electron chi connectivity index (χ0n) is 8.85. The molecule has 1 aliphatic carbocycles. The van der Waals surface area contributed by atoms with Crippen LogP contribution in [0.25, 0.3) is 0 Å². The Labute approximate surface area is 96.2 Å². The molecule has 2 heteroatoms. The third-order valence-electron chi connectivity index (χ3n) is 3.07. The lowest BCUT2D eigenvalue weighted by Crippen LogP contribution is -2.36. The number of halogens is 1. The van der Waals surface area contributed by atoms with E-state index in [9.17, 15) is 0 Å². The van der Waals surface area contributed by atoms with Gasteiger partial charge in [-0.2, -0.15) is 0 Å². The maximum Gasteiger partial charge on any atom is 0.0206 e. The van der Waals surface area contributed by atoms with E-state index in [-0.39, 0.29) is 0 Å². The van der Waals surface area contributed by atoms with Crippen LogP contribution in [-0.4, -0.2) is 17.0 Å². The van der Waals surface area contributed by atoms with Gasteiger partial charge in [0.15, 0.2) is 0 Å². The topological polar surface area (TPSA) is 12.0 Å². The first-order chi connectivity index (χ1) is 6.24. The minimum atomic E-state index is 0.766. The summed E-state index contributed by atoms with van der Waals surface area (Å²) in [5.74, 6) is 2.04. The summed E-state index contributed by atoms with van der Waals surface area (Å²) in [4.78, 5) is 0. The van der Waals surface area contributed by atoms with Crippen molar-refractivity contribution in [1.29, 1.82) is 0 Å². The third-order valence-corrected chi connectivity index (χ3v) is 3.51. The second-order valence-electron chi connectivity index (χ2n) is 4.33. The summed E-state index contributed by atoms with van der Waals surface area (Å²) in [7, 11) is 0. The molecule has 0 saturated heterocycles. The van der Waals surface area contributed by atoms with Crippen molar-refractivity contribution in [3.05, 3.63) is 0 Å². The van der Waals surface area contributed by atoms with Crippen LogP contribution >= 0.6 is 22.6 Å². The Morgan fingerprint density at radius 3 is 2.54 bits per heavy atom. The van der Waals surface area contributed by atoms with E-state index in [0.717, 1.165) is 15.8 Å². The molecule has 0 radical (unpaired) electrons. The number of hydrogen-bond donors (Lipinski definition) is 1. The number of hydrogen-bond acceptors (Lipinski definition) is 1. The molecule has 1 aliphatic rings. The molecule has 0 aromatic heterocycles. The quantitative estimate of drug-likeness (QED) is 0.586. The van der Waals surface area contributed by atoms with Crippen LogP contribution in [0.5, 0.6) is 0 Å². The molecule has 1 nitrogen and oxygen atoms in total. The lowest BCUT2D eigenvalue weighted by Gasteiger charge is -2.37. The third kappa shape index (κ3) is 4.15. The van der Waals surface area contributed by atoms with Crippen LogP contribution in [0.15, 0.2) is 0 Å². The van der Waals surface area contributed by atoms with Gasteiger partial charge in [-0.1, -0.05) is 49.3 Å². The fourth-order valence-corrected chi connectivity index (χ4v) is 2.44. The second-order valence-corrected chi connectivity index (χ2v) is 6.45. The first kappa shape index (κ1) is 11.8. The highest BCUT2D eigenvalue weighted by atomic mass is 127. The standard InChI is InChI=1S/C11H22IN/c1-3-4-10-5-6-11(10)8-13-7-9(2)12/h9-11,13H,3-8H2,1-2H3. The smallest absolute Gasteiger partial charge is 0.0206 e. The highest BCUT2D eigenvalue weighted by Crippen LogP contribution is 2.36. The Balaban J connectivity index is 2.02. The van der Waals surface area contributed by atoms with Crippen LogP contribution in [0.4, 0.5) is 0 Å². The van der Waals surface area contributed by atoms with Gasteiger partial charge in [0.25, 0.3) is 0 Å². The van der Waals surface area contributed by atoms with E-state index in [4.69, 9.17) is 0 Å². The summed E-state index contributed by atoms with van der Waals surface area (Å²) in [6.07, 6.45) is 5.77. The van der Waals surface area contributed by atoms with Crippen molar-refractivity contribution >= 4 is 22.6 Å². The van der Waals surface area contributed by atoms with Crippen LogP contribution < -0.4 is 5.32 Å². The summed E-state index contributed by atoms with van der Waals surface area (Å²) in [5.41, 5.74) is 0. The van der Waals surface area contributed by atoms with Gasteiger partial charge in [0.2, 0.25) is 0 Å². The molecule has 0 aliphatic heterocycles. The predicted octanol–water partition coefficient (Wildman–Crippen LogP) is 3.23. The highest BCUT2D eigenvalue weighted by molar-refractivity contribution is 14.1. The van der Waals surface area contributed by atoms with E-state index < -0.39 is 0 Å². The summed E-state index contributed by atoms with van der Waals surface area (Å²) >= 11 is 2.48. The normalized spacial score (nSPS) is 29.8. The van der Waals surface area contributed by atoms with Crippen LogP contribution in [-0.2, 0) is 0 Å². The van der Waals surface area contributed by atoms with Crippen LogP contribution in [0.3, 0.4) is 0 Å². The van der Waals surface area contributed by atoms with Crippen LogP contribution in [0.2, 0.25) is 0 Å². The van der Waals surface area contributed by atoms with E-state index in [1.54, 1.807) is 0 Å². The zero-order chi connectivity index (χ0) is 9.68. The van der Waals surface area contributed by atoms with Crippen molar-refractivity contribution in [2.75, 3.05) is 13.1 Å². The van der Waals surface area contributed by atoms with Gasteiger partial charge in [0.05, 0.1) is 0 Å². The largest absolute Gasteiger partial charge is 0.315 e. The van der Waals surface area contributed by atoms with Crippen LogP contribution in [0.1, 0.15) is 39.5 Å². The highest BCUT2D eigenvalue weighted by Gasteiger charge is 2.28. The Morgan fingerprint density at radius 1 is 1.38 bits per heavy atom. The molecule has 13 heavy (non-hydrogen) atoms. The maximum absolute atomic E-state index is 3.57. The van der Waals surface area contributed by atoms with Crippen molar-refractivity contribution in [2.24, 2.45) is 11.8 Å².